The average molecular weight is 287 g/mol. The van der Waals surface area contributed by atoms with Gasteiger partial charge < -0.3 is 10.4 Å². The van der Waals surface area contributed by atoms with E-state index in [0.29, 0.717) is 17.9 Å². The third-order valence-electron chi connectivity index (χ3n) is 3.11. The molecule has 0 atom stereocenters. The van der Waals surface area contributed by atoms with Gasteiger partial charge in [0.2, 0.25) is 0 Å². The van der Waals surface area contributed by atoms with Crippen LogP contribution in [0, 0.1) is 13.8 Å². The van der Waals surface area contributed by atoms with E-state index in [0.717, 1.165) is 11.1 Å². The van der Waals surface area contributed by atoms with Crippen molar-refractivity contribution in [1.82, 2.24) is 15.1 Å². The summed E-state index contributed by atoms with van der Waals surface area (Å²) < 4.78 is 1.33. The Balaban J connectivity index is 2.48. The Morgan fingerprint density at radius 2 is 1.81 bits per heavy atom. The van der Waals surface area contributed by atoms with Crippen molar-refractivity contribution < 1.29 is 5.11 Å². The Labute approximate surface area is 124 Å². The molecule has 112 valence electrons. The predicted octanol–water partition coefficient (Wildman–Crippen LogP) is 2.05. The van der Waals surface area contributed by atoms with Gasteiger partial charge in [0, 0.05) is 18.7 Å². The zero-order chi connectivity index (χ0) is 15.6. The van der Waals surface area contributed by atoms with E-state index in [1.807, 2.05) is 45.9 Å². The van der Waals surface area contributed by atoms with Crippen molar-refractivity contribution in [2.45, 2.75) is 40.3 Å². The van der Waals surface area contributed by atoms with Crippen molar-refractivity contribution >= 4 is 0 Å². The summed E-state index contributed by atoms with van der Waals surface area (Å²) in [7, 11) is 0. The lowest BCUT2D eigenvalue weighted by molar-refractivity contribution is 0.447. The standard InChI is InChI=1S/C16H21N3O2/c1-10(2)17-9-14-15(20)8-16(21)19(18-14)13-6-11(3)5-12(4)7-13/h5-8,10,17,20H,9H2,1-4H3. The molecule has 0 aliphatic rings. The summed E-state index contributed by atoms with van der Waals surface area (Å²) in [6, 6.07) is 7.32. The summed E-state index contributed by atoms with van der Waals surface area (Å²) in [6.45, 7) is 8.38. The van der Waals surface area contributed by atoms with Crippen molar-refractivity contribution in [3.05, 3.63) is 51.4 Å². The quantitative estimate of drug-likeness (QED) is 0.903. The Morgan fingerprint density at radius 3 is 2.38 bits per heavy atom. The van der Waals surface area contributed by atoms with E-state index in [2.05, 4.69) is 10.4 Å². The fraction of sp³-hybridized carbons (Fsp3) is 0.375. The minimum atomic E-state index is -0.342. The first-order chi connectivity index (χ1) is 9.86. The molecule has 0 aliphatic carbocycles. The first-order valence-corrected chi connectivity index (χ1v) is 7.01. The van der Waals surface area contributed by atoms with Gasteiger partial charge in [-0.15, -0.1) is 0 Å². The van der Waals surface area contributed by atoms with Crippen LogP contribution in [0.5, 0.6) is 5.75 Å². The van der Waals surface area contributed by atoms with Gasteiger partial charge in [0.1, 0.15) is 11.4 Å². The molecule has 5 heteroatoms. The molecule has 0 fully saturated rings. The Hall–Kier alpha value is -2.14. The first kappa shape index (κ1) is 15.3. The number of rotatable bonds is 4. The molecule has 5 nitrogen and oxygen atoms in total. The monoisotopic (exact) mass is 287 g/mol. The van der Waals surface area contributed by atoms with Crippen LogP contribution in [0.3, 0.4) is 0 Å². The van der Waals surface area contributed by atoms with Gasteiger partial charge in [-0.25, -0.2) is 0 Å². The smallest absolute Gasteiger partial charge is 0.275 e. The maximum Gasteiger partial charge on any atom is 0.275 e. The van der Waals surface area contributed by atoms with Crippen LogP contribution in [0.15, 0.2) is 29.1 Å². The molecule has 0 bridgehead atoms. The fourth-order valence-electron chi connectivity index (χ4n) is 2.17. The molecule has 0 saturated heterocycles. The zero-order valence-corrected chi connectivity index (χ0v) is 12.8. The van der Waals surface area contributed by atoms with E-state index in [-0.39, 0.29) is 17.4 Å². The van der Waals surface area contributed by atoms with Crippen molar-refractivity contribution in [3.63, 3.8) is 0 Å². The molecule has 2 rings (SSSR count). The fourth-order valence-corrected chi connectivity index (χ4v) is 2.17. The molecular weight excluding hydrogens is 266 g/mol. The van der Waals surface area contributed by atoms with E-state index in [1.54, 1.807) is 0 Å². The summed E-state index contributed by atoms with van der Waals surface area (Å²) in [5.74, 6) is -0.0752. The largest absolute Gasteiger partial charge is 0.506 e. The third-order valence-corrected chi connectivity index (χ3v) is 3.11. The topological polar surface area (TPSA) is 67.2 Å². The molecule has 0 radical (unpaired) electrons. The Bertz CT molecular complexity index is 685. The highest BCUT2D eigenvalue weighted by molar-refractivity contribution is 5.39. The second-order valence-corrected chi connectivity index (χ2v) is 5.61. The summed E-state index contributed by atoms with van der Waals surface area (Å²) >= 11 is 0. The highest BCUT2D eigenvalue weighted by Crippen LogP contribution is 2.15. The summed E-state index contributed by atoms with van der Waals surface area (Å²) in [6.07, 6.45) is 0. The van der Waals surface area contributed by atoms with Crippen LogP contribution in [0.1, 0.15) is 30.7 Å². The molecule has 1 aromatic carbocycles. The number of nitrogens with zero attached hydrogens (tertiary/aromatic N) is 2. The molecule has 21 heavy (non-hydrogen) atoms. The molecular formula is C16H21N3O2. The van der Waals surface area contributed by atoms with Gasteiger partial charge in [0.25, 0.3) is 5.56 Å². The summed E-state index contributed by atoms with van der Waals surface area (Å²) in [5, 5.41) is 17.3. The van der Waals surface area contributed by atoms with Gasteiger partial charge in [-0.3, -0.25) is 4.79 Å². The van der Waals surface area contributed by atoms with E-state index < -0.39 is 0 Å². The number of aryl methyl sites for hydroxylation is 2. The second kappa shape index (κ2) is 6.10. The maximum atomic E-state index is 12.1. The van der Waals surface area contributed by atoms with Crippen molar-refractivity contribution in [2.24, 2.45) is 0 Å². The lowest BCUT2D eigenvalue weighted by Crippen LogP contribution is -2.26. The van der Waals surface area contributed by atoms with Crippen LogP contribution >= 0.6 is 0 Å². The van der Waals surface area contributed by atoms with Crippen LogP contribution in [-0.4, -0.2) is 20.9 Å². The van der Waals surface area contributed by atoms with E-state index >= 15 is 0 Å². The van der Waals surface area contributed by atoms with E-state index in [4.69, 9.17) is 0 Å². The first-order valence-electron chi connectivity index (χ1n) is 7.01. The van der Waals surface area contributed by atoms with Crippen LogP contribution in [0.25, 0.3) is 5.69 Å². The molecule has 0 saturated carbocycles. The highest BCUT2D eigenvalue weighted by Gasteiger charge is 2.10. The number of aromatic hydroxyl groups is 1. The molecule has 2 aromatic rings. The average Bonchev–Trinajstić information content (AvgIpc) is 2.36. The Kier molecular flexibility index (Phi) is 4.43. The third kappa shape index (κ3) is 3.70. The van der Waals surface area contributed by atoms with Gasteiger partial charge in [-0.2, -0.15) is 9.78 Å². The molecule has 0 spiro atoms. The van der Waals surface area contributed by atoms with Crippen molar-refractivity contribution in [3.8, 4) is 11.4 Å². The van der Waals surface area contributed by atoms with Gasteiger partial charge >= 0.3 is 0 Å². The molecule has 0 amide bonds. The number of hydrogen-bond acceptors (Lipinski definition) is 4. The lowest BCUT2D eigenvalue weighted by atomic mass is 10.1. The maximum absolute atomic E-state index is 12.1. The second-order valence-electron chi connectivity index (χ2n) is 5.61. The molecule has 0 aliphatic heterocycles. The van der Waals surface area contributed by atoms with Gasteiger partial charge in [0.05, 0.1) is 5.69 Å². The number of nitrogens with one attached hydrogen (secondary N) is 1. The SMILES string of the molecule is Cc1cc(C)cc(-n2nc(CNC(C)C)c(O)cc2=O)c1. The minimum absolute atomic E-state index is 0.0752. The number of hydrogen-bond donors (Lipinski definition) is 2. The summed E-state index contributed by atoms with van der Waals surface area (Å²) in [5.41, 5.74) is 2.96. The molecule has 1 heterocycles. The molecule has 2 N–H and O–H groups in total. The van der Waals surface area contributed by atoms with Crippen LogP contribution in [0.4, 0.5) is 0 Å². The lowest BCUT2D eigenvalue weighted by Gasteiger charge is -2.12. The van der Waals surface area contributed by atoms with Gasteiger partial charge in [-0.05, 0) is 37.1 Å². The normalized spacial score (nSPS) is 11.1. The van der Waals surface area contributed by atoms with Crippen molar-refractivity contribution in [1.29, 1.82) is 0 Å². The molecule has 0 unspecified atom stereocenters. The molecule has 1 aromatic heterocycles. The minimum Gasteiger partial charge on any atom is -0.506 e. The number of benzene rings is 1. The predicted molar refractivity (Wildman–Crippen MR) is 82.9 cm³/mol. The van der Waals surface area contributed by atoms with E-state index in [9.17, 15) is 9.90 Å². The van der Waals surface area contributed by atoms with Crippen molar-refractivity contribution in [2.75, 3.05) is 0 Å². The number of aromatic nitrogens is 2. The van der Waals surface area contributed by atoms with Crippen LogP contribution in [0.2, 0.25) is 0 Å². The van der Waals surface area contributed by atoms with Gasteiger partial charge in [-0.1, -0.05) is 19.9 Å². The van der Waals surface area contributed by atoms with Crippen LogP contribution in [-0.2, 0) is 6.54 Å². The zero-order valence-electron chi connectivity index (χ0n) is 12.8. The van der Waals surface area contributed by atoms with Crippen LogP contribution < -0.4 is 10.9 Å². The summed E-state index contributed by atoms with van der Waals surface area (Å²) in [4.78, 5) is 12.1. The van der Waals surface area contributed by atoms with Gasteiger partial charge in [0.15, 0.2) is 0 Å². The van der Waals surface area contributed by atoms with E-state index in [1.165, 1.54) is 10.7 Å². The highest BCUT2D eigenvalue weighted by atomic mass is 16.3. The Morgan fingerprint density at radius 1 is 1.19 bits per heavy atom.